The number of carbonyl (C=O) groups is 2. The first-order valence-electron chi connectivity index (χ1n) is 7.46. The molecule has 1 atom stereocenters. The standard InChI is InChI=1S/C18H18N2O4S/c1-25-17(19)20-18(22)24-15(14-10-6-3-7-11-14)16(21)23-12-13-8-4-2-5-9-13/h2-11,15H,12H2,1H3,(H2,19,20,22). The van der Waals surface area contributed by atoms with Gasteiger partial charge in [-0.15, -0.1) is 0 Å². The maximum absolute atomic E-state index is 12.4. The van der Waals surface area contributed by atoms with Crippen molar-refractivity contribution in [1.29, 1.82) is 5.41 Å². The van der Waals surface area contributed by atoms with Crippen molar-refractivity contribution in [2.45, 2.75) is 12.7 Å². The van der Waals surface area contributed by atoms with Crippen LogP contribution in [0.15, 0.2) is 60.7 Å². The molecule has 0 heterocycles. The quantitative estimate of drug-likeness (QED) is 0.485. The number of amidine groups is 1. The zero-order valence-electron chi connectivity index (χ0n) is 13.6. The molecule has 0 bridgehead atoms. The lowest BCUT2D eigenvalue weighted by molar-refractivity contribution is -0.155. The summed E-state index contributed by atoms with van der Waals surface area (Å²) < 4.78 is 10.5. The first-order chi connectivity index (χ1) is 12.1. The number of thioether (sulfide) groups is 1. The van der Waals surface area contributed by atoms with Gasteiger partial charge in [-0.05, 0) is 11.8 Å². The summed E-state index contributed by atoms with van der Waals surface area (Å²) in [5, 5.41) is 9.61. The Bertz CT molecular complexity index is 722. The monoisotopic (exact) mass is 358 g/mol. The summed E-state index contributed by atoms with van der Waals surface area (Å²) in [6.07, 6.45) is -0.449. The number of ether oxygens (including phenoxy) is 2. The molecule has 7 heteroatoms. The number of amides is 1. The van der Waals surface area contributed by atoms with Crippen LogP contribution in [-0.2, 0) is 20.9 Å². The Morgan fingerprint density at radius 2 is 1.68 bits per heavy atom. The molecule has 0 saturated carbocycles. The molecule has 2 N–H and O–H groups in total. The fourth-order valence-corrected chi connectivity index (χ4v) is 2.15. The highest BCUT2D eigenvalue weighted by molar-refractivity contribution is 8.13. The first-order valence-corrected chi connectivity index (χ1v) is 8.68. The summed E-state index contributed by atoms with van der Waals surface area (Å²) in [5.41, 5.74) is 1.32. The smallest absolute Gasteiger partial charge is 0.414 e. The van der Waals surface area contributed by atoms with Crippen LogP contribution in [-0.4, -0.2) is 23.5 Å². The molecule has 2 aromatic carbocycles. The zero-order chi connectivity index (χ0) is 18.1. The lowest BCUT2D eigenvalue weighted by Gasteiger charge is -2.17. The minimum absolute atomic E-state index is 0.0746. The van der Waals surface area contributed by atoms with Gasteiger partial charge < -0.3 is 9.47 Å². The van der Waals surface area contributed by atoms with Crippen LogP contribution in [0.4, 0.5) is 4.79 Å². The van der Waals surface area contributed by atoms with E-state index in [4.69, 9.17) is 14.9 Å². The van der Waals surface area contributed by atoms with E-state index in [-0.39, 0.29) is 11.8 Å². The molecule has 2 aromatic rings. The number of hydrogen-bond donors (Lipinski definition) is 2. The van der Waals surface area contributed by atoms with Crippen molar-refractivity contribution < 1.29 is 19.1 Å². The third-order valence-electron chi connectivity index (χ3n) is 3.18. The Hall–Kier alpha value is -2.80. The van der Waals surface area contributed by atoms with E-state index in [1.165, 1.54) is 0 Å². The van der Waals surface area contributed by atoms with Crippen LogP contribution in [0.5, 0.6) is 0 Å². The molecule has 0 aliphatic carbocycles. The molecule has 0 spiro atoms. The van der Waals surface area contributed by atoms with Gasteiger partial charge >= 0.3 is 12.1 Å². The van der Waals surface area contributed by atoms with E-state index < -0.39 is 18.2 Å². The summed E-state index contributed by atoms with van der Waals surface area (Å²) in [6.45, 7) is 0.0780. The van der Waals surface area contributed by atoms with Gasteiger partial charge in [-0.3, -0.25) is 10.7 Å². The largest absolute Gasteiger partial charge is 0.458 e. The van der Waals surface area contributed by atoms with Crippen LogP contribution in [0, 0.1) is 5.41 Å². The number of carbonyl (C=O) groups excluding carboxylic acids is 2. The third kappa shape index (κ3) is 5.96. The zero-order valence-corrected chi connectivity index (χ0v) is 14.4. The van der Waals surface area contributed by atoms with E-state index >= 15 is 0 Å². The molecule has 0 aliphatic heterocycles. The second-order valence-corrected chi connectivity index (χ2v) is 5.76. The van der Waals surface area contributed by atoms with Crippen LogP contribution in [0.2, 0.25) is 0 Å². The Kier molecular flexibility index (Phi) is 7.03. The van der Waals surface area contributed by atoms with Crippen LogP contribution < -0.4 is 5.32 Å². The van der Waals surface area contributed by atoms with Crippen molar-refractivity contribution in [3.8, 4) is 0 Å². The van der Waals surface area contributed by atoms with E-state index in [0.29, 0.717) is 5.56 Å². The molecule has 0 fully saturated rings. The molecule has 25 heavy (non-hydrogen) atoms. The average molecular weight is 358 g/mol. The van der Waals surface area contributed by atoms with Crippen molar-refractivity contribution in [2.24, 2.45) is 0 Å². The lowest BCUT2D eigenvalue weighted by Crippen LogP contribution is -2.32. The Morgan fingerprint density at radius 3 is 2.28 bits per heavy atom. The molecular weight excluding hydrogens is 340 g/mol. The van der Waals surface area contributed by atoms with E-state index in [2.05, 4.69) is 5.32 Å². The number of hydrogen-bond acceptors (Lipinski definition) is 6. The number of esters is 1. The molecule has 0 saturated heterocycles. The molecular formula is C18H18N2O4S. The first kappa shape index (κ1) is 18.5. The highest BCUT2D eigenvalue weighted by Crippen LogP contribution is 2.20. The second-order valence-electron chi connectivity index (χ2n) is 4.95. The third-order valence-corrected chi connectivity index (χ3v) is 3.70. The van der Waals surface area contributed by atoms with E-state index in [1.54, 1.807) is 36.6 Å². The summed E-state index contributed by atoms with van der Waals surface area (Å²) in [6, 6.07) is 17.8. The summed E-state index contributed by atoms with van der Waals surface area (Å²) in [4.78, 5) is 24.3. The predicted octanol–water partition coefficient (Wildman–Crippen LogP) is 3.50. The Labute approximate surface area is 150 Å². The second kappa shape index (κ2) is 9.48. The average Bonchev–Trinajstić information content (AvgIpc) is 2.65. The van der Waals surface area contributed by atoms with Crippen molar-refractivity contribution in [3.05, 3.63) is 71.8 Å². The van der Waals surface area contributed by atoms with Crippen LogP contribution >= 0.6 is 11.8 Å². The lowest BCUT2D eigenvalue weighted by atomic mass is 10.1. The molecule has 1 amide bonds. The molecule has 2 rings (SSSR count). The Morgan fingerprint density at radius 1 is 1.08 bits per heavy atom. The molecule has 0 aliphatic rings. The number of rotatable bonds is 5. The van der Waals surface area contributed by atoms with Crippen molar-refractivity contribution in [2.75, 3.05) is 6.26 Å². The van der Waals surface area contributed by atoms with E-state index in [1.807, 2.05) is 30.3 Å². The maximum Gasteiger partial charge on any atom is 0.414 e. The van der Waals surface area contributed by atoms with E-state index in [9.17, 15) is 9.59 Å². The topological polar surface area (TPSA) is 88.5 Å². The molecule has 6 nitrogen and oxygen atoms in total. The predicted molar refractivity (Wildman–Crippen MR) is 96.3 cm³/mol. The fraction of sp³-hybridized carbons (Fsp3) is 0.167. The fourth-order valence-electron chi connectivity index (χ4n) is 1.96. The maximum atomic E-state index is 12.4. The SMILES string of the molecule is CSC(=N)NC(=O)OC(C(=O)OCc1ccccc1)c1ccccc1. The minimum atomic E-state index is -1.21. The van der Waals surface area contributed by atoms with E-state index in [0.717, 1.165) is 17.3 Å². The van der Waals surface area contributed by atoms with Gasteiger partial charge in [-0.25, -0.2) is 9.59 Å². The summed E-state index contributed by atoms with van der Waals surface area (Å²) in [5.74, 6) is -0.680. The van der Waals surface area contributed by atoms with Crippen molar-refractivity contribution >= 4 is 29.0 Å². The number of alkyl carbamates (subject to hydrolysis) is 1. The Balaban J connectivity index is 2.07. The highest BCUT2D eigenvalue weighted by Gasteiger charge is 2.27. The van der Waals surface area contributed by atoms with Gasteiger partial charge in [0, 0.05) is 5.56 Å². The number of nitrogens with one attached hydrogen (secondary N) is 2. The van der Waals surface area contributed by atoms with Gasteiger partial charge in [-0.2, -0.15) is 0 Å². The van der Waals surface area contributed by atoms with Crippen LogP contribution in [0.25, 0.3) is 0 Å². The summed E-state index contributed by atoms with van der Waals surface area (Å²) in [7, 11) is 0. The molecule has 0 aromatic heterocycles. The van der Waals surface area contributed by atoms with Gasteiger partial charge in [0.05, 0.1) is 0 Å². The number of benzene rings is 2. The molecule has 1 unspecified atom stereocenters. The van der Waals surface area contributed by atoms with Gasteiger partial charge in [0.15, 0.2) is 5.17 Å². The molecule has 0 radical (unpaired) electrons. The van der Waals surface area contributed by atoms with Gasteiger partial charge in [0.2, 0.25) is 6.10 Å². The molecule has 130 valence electrons. The normalized spacial score (nSPS) is 11.2. The minimum Gasteiger partial charge on any atom is -0.458 e. The van der Waals surface area contributed by atoms with Gasteiger partial charge in [-0.1, -0.05) is 72.4 Å². The van der Waals surface area contributed by atoms with Crippen LogP contribution in [0.3, 0.4) is 0 Å². The van der Waals surface area contributed by atoms with Crippen LogP contribution in [0.1, 0.15) is 17.2 Å². The van der Waals surface area contributed by atoms with Gasteiger partial charge in [0.25, 0.3) is 0 Å². The van der Waals surface area contributed by atoms with Crippen molar-refractivity contribution in [3.63, 3.8) is 0 Å². The van der Waals surface area contributed by atoms with Gasteiger partial charge in [0.1, 0.15) is 6.61 Å². The van der Waals surface area contributed by atoms with Crippen molar-refractivity contribution in [1.82, 2.24) is 5.32 Å². The summed E-state index contributed by atoms with van der Waals surface area (Å²) >= 11 is 1.05. The highest BCUT2D eigenvalue weighted by atomic mass is 32.2.